The summed E-state index contributed by atoms with van der Waals surface area (Å²) in [5, 5.41) is 8.84. The van der Waals surface area contributed by atoms with Crippen molar-refractivity contribution in [2.75, 3.05) is 24.7 Å². The molecule has 1 aliphatic carbocycles. The standard InChI is InChI=1S/C10H15NO5S/c12-9(7-1-2-8(7)10(13)14)11-17(15)5-3-16-4-6-17/h7-8H,1-6H2,(H,13,14). The minimum Gasteiger partial charge on any atom is -0.481 e. The monoisotopic (exact) mass is 261 g/mol. The van der Waals surface area contributed by atoms with E-state index >= 15 is 0 Å². The Bertz CT molecular complexity index is 440. The molecule has 0 aromatic rings. The molecule has 7 heteroatoms. The van der Waals surface area contributed by atoms with Gasteiger partial charge in [0, 0.05) is 0 Å². The second-order valence-electron chi connectivity index (χ2n) is 4.35. The Labute approximate surface area is 99.5 Å². The van der Waals surface area contributed by atoms with E-state index in [0.717, 1.165) is 0 Å². The third-order valence-corrected chi connectivity index (χ3v) is 5.38. The Kier molecular flexibility index (Phi) is 3.48. The highest BCUT2D eigenvalue weighted by Crippen LogP contribution is 2.35. The van der Waals surface area contributed by atoms with Crippen LogP contribution in [-0.4, -0.2) is 45.9 Å². The minimum absolute atomic E-state index is 0.267. The first-order valence-corrected chi connectivity index (χ1v) is 7.44. The van der Waals surface area contributed by atoms with Crippen LogP contribution in [0.4, 0.5) is 0 Å². The molecule has 1 N–H and O–H groups in total. The molecule has 1 heterocycles. The van der Waals surface area contributed by atoms with Crippen LogP contribution in [0.3, 0.4) is 0 Å². The van der Waals surface area contributed by atoms with Crippen molar-refractivity contribution in [1.82, 2.24) is 0 Å². The summed E-state index contributed by atoms with van der Waals surface area (Å²) in [4.78, 5) is 22.5. The van der Waals surface area contributed by atoms with E-state index in [9.17, 15) is 13.8 Å². The Hall–Kier alpha value is -0.950. The number of carbonyl (C=O) groups is 2. The zero-order chi connectivity index (χ0) is 12.5. The van der Waals surface area contributed by atoms with Gasteiger partial charge in [-0.25, -0.2) is 4.21 Å². The van der Waals surface area contributed by atoms with E-state index < -0.39 is 33.4 Å². The van der Waals surface area contributed by atoms with Gasteiger partial charge in [0.2, 0.25) is 0 Å². The van der Waals surface area contributed by atoms with Crippen LogP contribution in [0.5, 0.6) is 0 Å². The molecule has 0 bridgehead atoms. The second kappa shape index (κ2) is 4.73. The molecule has 0 spiro atoms. The van der Waals surface area contributed by atoms with Gasteiger partial charge in [0.15, 0.2) is 0 Å². The number of hydrogen-bond acceptors (Lipinski definition) is 4. The van der Waals surface area contributed by atoms with Crippen LogP contribution >= 0.6 is 0 Å². The molecule has 2 atom stereocenters. The fraction of sp³-hybridized carbons (Fsp3) is 0.800. The molecule has 2 rings (SSSR count). The molecule has 96 valence electrons. The number of amides is 1. The van der Waals surface area contributed by atoms with Gasteiger partial charge in [-0.05, 0) is 12.8 Å². The van der Waals surface area contributed by atoms with Crippen LogP contribution in [0.2, 0.25) is 0 Å². The van der Waals surface area contributed by atoms with Crippen molar-refractivity contribution in [3.8, 4) is 0 Å². The van der Waals surface area contributed by atoms with Crippen molar-refractivity contribution >= 4 is 21.6 Å². The van der Waals surface area contributed by atoms with Crippen LogP contribution < -0.4 is 0 Å². The molecule has 0 aromatic carbocycles. The zero-order valence-corrected chi connectivity index (χ0v) is 10.1. The SMILES string of the molecule is O=C(O)C1CCC1C(=O)N=S1(=O)CCOCC1. The molecule has 0 radical (unpaired) electrons. The number of nitrogens with zero attached hydrogens (tertiary/aromatic N) is 1. The number of ether oxygens (including phenoxy) is 1. The Balaban J connectivity index is 2.08. The van der Waals surface area contributed by atoms with Crippen LogP contribution in [0.25, 0.3) is 0 Å². The van der Waals surface area contributed by atoms with Crippen LogP contribution in [-0.2, 0) is 24.1 Å². The van der Waals surface area contributed by atoms with Crippen LogP contribution in [0.1, 0.15) is 12.8 Å². The largest absolute Gasteiger partial charge is 0.481 e. The van der Waals surface area contributed by atoms with Gasteiger partial charge >= 0.3 is 5.97 Å². The molecule has 1 aliphatic heterocycles. The molecule has 0 aromatic heterocycles. The summed E-state index contributed by atoms with van der Waals surface area (Å²) in [5.74, 6) is -2.16. The molecule has 2 unspecified atom stereocenters. The average Bonchev–Trinajstić information content (AvgIpc) is 2.14. The summed E-state index contributed by atoms with van der Waals surface area (Å²) < 4.78 is 21.0. The Morgan fingerprint density at radius 1 is 1.18 bits per heavy atom. The topological polar surface area (TPSA) is 93.0 Å². The number of hydrogen-bond donors (Lipinski definition) is 1. The molecule has 2 fully saturated rings. The second-order valence-corrected chi connectivity index (χ2v) is 6.90. The lowest BCUT2D eigenvalue weighted by Gasteiger charge is -2.30. The highest BCUT2D eigenvalue weighted by molar-refractivity contribution is 7.93. The lowest BCUT2D eigenvalue weighted by atomic mass is 9.73. The minimum atomic E-state index is -2.50. The normalized spacial score (nSPS) is 31.3. The van der Waals surface area contributed by atoms with E-state index in [1.807, 2.05) is 0 Å². The summed E-state index contributed by atoms with van der Waals surface area (Å²) in [6.45, 7) is 0.700. The number of rotatable bonds is 2. The van der Waals surface area contributed by atoms with E-state index in [1.54, 1.807) is 0 Å². The number of carbonyl (C=O) groups excluding carboxylic acids is 1. The third-order valence-electron chi connectivity index (χ3n) is 3.26. The van der Waals surface area contributed by atoms with E-state index in [2.05, 4.69) is 4.36 Å². The number of carboxylic acid groups (broad SMARTS) is 1. The van der Waals surface area contributed by atoms with E-state index in [1.165, 1.54) is 0 Å². The molecule has 6 nitrogen and oxygen atoms in total. The van der Waals surface area contributed by atoms with Gasteiger partial charge in [0.1, 0.15) is 0 Å². The lowest BCUT2D eigenvalue weighted by molar-refractivity contribution is -0.151. The Morgan fingerprint density at radius 2 is 1.76 bits per heavy atom. The first-order chi connectivity index (χ1) is 8.02. The molecular weight excluding hydrogens is 246 g/mol. The van der Waals surface area contributed by atoms with Crippen molar-refractivity contribution < 1.29 is 23.6 Å². The molecule has 17 heavy (non-hydrogen) atoms. The van der Waals surface area contributed by atoms with Crippen molar-refractivity contribution in [3.05, 3.63) is 0 Å². The van der Waals surface area contributed by atoms with Crippen LogP contribution in [0, 0.1) is 11.8 Å². The van der Waals surface area contributed by atoms with Gasteiger partial charge in [0.05, 0.1) is 46.3 Å². The highest BCUT2D eigenvalue weighted by atomic mass is 32.2. The van der Waals surface area contributed by atoms with E-state index in [0.29, 0.717) is 26.1 Å². The van der Waals surface area contributed by atoms with Gasteiger partial charge < -0.3 is 9.84 Å². The number of aliphatic carboxylic acids is 1. The van der Waals surface area contributed by atoms with Crippen molar-refractivity contribution in [1.29, 1.82) is 0 Å². The average molecular weight is 261 g/mol. The third kappa shape index (κ3) is 2.66. The number of carboxylic acids is 1. The van der Waals surface area contributed by atoms with E-state index in [4.69, 9.17) is 9.84 Å². The van der Waals surface area contributed by atoms with Crippen molar-refractivity contribution in [2.24, 2.45) is 16.2 Å². The molecular formula is C10H15NO5S. The summed E-state index contributed by atoms with van der Waals surface area (Å²) in [5.41, 5.74) is 0. The Morgan fingerprint density at radius 3 is 2.24 bits per heavy atom. The summed E-state index contributed by atoms with van der Waals surface area (Å²) in [6, 6.07) is 0. The smallest absolute Gasteiger partial charge is 0.307 e. The lowest BCUT2D eigenvalue weighted by Crippen LogP contribution is -2.38. The van der Waals surface area contributed by atoms with E-state index in [-0.39, 0.29) is 11.5 Å². The molecule has 1 amide bonds. The maximum Gasteiger partial charge on any atom is 0.307 e. The van der Waals surface area contributed by atoms with Crippen molar-refractivity contribution in [3.63, 3.8) is 0 Å². The van der Waals surface area contributed by atoms with Crippen molar-refractivity contribution in [2.45, 2.75) is 12.8 Å². The maximum atomic E-state index is 12.1. The van der Waals surface area contributed by atoms with Gasteiger partial charge in [0.25, 0.3) is 5.91 Å². The predicted octanol–water partition coefficient (Wildman–Crippen LogP) is 0.122. The first-order valence-electron chi connectivity index (χ1n) is 5.59. The maximum absolute atomic E-state index is 12.1. The fourth-order valence-corrected chi connectivity index (χ4v) is 3.60. The zero-order valence-electron chi connectivity index (χ0n) is 9.33. The predicted molar refractivity (Wildman–Crippen MR) is 60.0 cm³/mol. The first kappa shape index (κ1) is 12.5. The fourth-order valence-electron chi connectivity index (χ4n) is 2.00. The summed E-state index contributed by atoms with van der Waals surface area (Å²) in [7, 11) is -2.50. The van der Waals surface area contributed by atoms with Gasteiger partial charge in [-0.2, -0.15) is 4.36 Å². The highest BCUT2D eigenvalue weighted by Gasteiger charge is 2.41. The van der Waals surface area contributed by atoms with Gasteiger partial charge in [-0.3, -0.25) is 9.59 Å². The molecule has 1 saturated carbocycles. The molecule has 2 aliphatic rings. The quantitative estimate of drug-likeness (QED) is 0.762. The van der Waals surface area contributed by atoms with Crippen LogP contribution in [0.15, 0.2) is 4.36 Å². The molecule has 1 saturated heterocycles. The summed E-state index contributed by atoms with van der Waals surface area (Å²) >= 11 is 0. The van der Waals surface area contributed by atoms with Gasteiger partial charge in [-0.1, -0.05) is 0 Å². The van der Waals surface area contributed by atoms with Gasteiger partial charge in [-0.15, -0.1) is 0 Å². The summed E-state index contributed by atoms with van der Waals surface area (Å²) in [6.07, 6.45) is 1.04.